The minimum absolute atomic E-state index is 0.149. The quantitative estimate of drug-likeness (QED) is 0.702. The third-order valence-electron chi connectivity index (χ3n) is 3.60. The molecular formula is C15H19BrN2O5S. The zero-order chi connectivity index (χ0) is 17.7. The molecule has 7 nitrogen and oxygen atoms in total. The molecule has 1 aliphatic rings. The van der Waals surface area contributed by atoms with Crippen molar-refractivity contribution >= 4 is 45.1 Å². The summed E-state index contributed by atoms with van der Waals surface area (Å²) >= 11 is 4.54. The third-order valence-corrected chi connectivity index (χ3v) is 5.22. The largest absolute Gasteiger partial charge is 0.480 e. The van der Waals surface area contributed by atoms with Crippen LogP contribution in [0.5, 0.6) is 0 Å². The van der Waals surface area contributed by atoms with Crippen LogP contribution in [-0.2, 0) is 14.3 Å². The van der Waals surface area contributed by atoms with Gasteiger partial charge in [-0.3, -0.25) is 14.4 Å². The summed E-state index contributed by atoms with van der Waals surface area (Å²) in [5.41, 5.74) is 0. The predicted molar refractivity (Wildman–Crippen MR) is 92.1 cm³/mol. The maximum atomic E-state index is 12.5. The van der Waals surface area contributed by atoms with Crippen LogP contribution in [0.3, 0.4) is 0 Å². The van der Waals surface area contributed by atoms with Gasteiger partial charge < -0.3 is 20.1 Å². The zero-order valence-electron chi connectivity index (χ0n) is 13.2. The number of aliphatic carboxylic acids is 1. The molecule has 2 amide bonds. The van der Waals surface area contributed by atoms with Gasteiger partial charge in [-0.15, -0.1) is 11.3 Å². The van der Waals surface area contributed by atoms with E-state index in [1.807, 2.05) is 0 Å². The molecule has 2 atom stereocenters. The van der Waals surface area contributed by atoms with Gasteiger partial charge in [0.15, 0.2) is 0 Å². The number of thiophene rings is 1. The lowest BCUT2D eigenvalue weighted by Crippen LogP contribution is -2.50. The highest BCUT2D eigenvalue weighted by Crippen LogP contribution is 2.22. The minimum atomic E-state index is -1.10. The number of carboxylic acids is 1. The average Bonchev–Trinajstić information content (AvgIpc) is 3.16. The van der Waals surface area contributed by atoms with Gasteiger partial charge in [0.2, 0.25) is 5.91 Å². The lowest BCUT2D eigenvalue weighted by Gasteiger charge is -2.26. The Morgan fingerprint density at radius 3 is 2.79 bits per heavy atom. The predicted octanol–water partition coefficient (Wildman–Crippen LogP) is 1.72. The topological polar surface area (TPSA) is 95.9 Å². The van der Waals surface area contributed by atoms with Crippen LogP contribution in [0, 0.1) is 0 Å². The molecule has 0 bridgehead atoms. The molecule has 2 unspecified atom stereocenters. The van der Waals surface area contributed by atoms with E-state index in [2.05, 4.69) is 21.2 Å². The fraction of sp³-hybridized carbons (Fsp3) is 0.533. The number of amides is 2. The van der Waals surface area contributed by atoms with Gasteiger partial charge in [0.05, 0.1) is 14.8 Å². The van der Waals surface area contributed by atoms with E-state index in [1.165, 1.54) is 16.2 Å². The van der Waals surface area contributed by atoms with Gasteiger partial charge in [-0.2, -0.15) is 0 Å². The second-order valence-corrected chi connectivity index (χ2v) is 8.01. The molecule has 132 valence electrons. The van der Waals surface area contributed by atoms with Crippen molar-refractivity contribution in [2.45, 2.75) is 31.9 Å². The van der Waals surface area contributed by atoms with Crippen molar-refractivity contribution in [1.29, 1.82) is 0 Å². The fourth-order valence-corrected chi connectivity index (χ4v) is 3.76. The van der Waals surface area contributed by atoms with Crippen LogP contribution < -0.4 is 5.32 Å². The molecule has 2 N–H and O–H groups in total. The number of hydrogen-bond donors (Lipinski definition) is 2. The Morgan fingerprint density at radius 1 is 1.50 bits per heavy atom. The summed E-state index contributed by atoms with van der Waals surface area (Å²) in [7, 11) is 0. The van der Waals surface area contributed by atoms with Crippen molar-refractivity contribution < 1.29 is 24.2 Å². The van der Waals surface area contributed by atoms with Crippen molar-refractivity contribution in [1.82, 2.24) is 10.2 Å². The van der Waals surface area contributed by atoms with E-state index in [0.717, 1.165) is 16.6 Å². The molecule has 24 heavy (non-hydrogen) atoms. The maximum Gasteiger partial charge on any atom is 0.323 e. The summed E-state index contributed by atoms with van der Waals surface area (Å²) in [6.45, 7) is 1.98. The maximum absolute atomic E-state index is 12.5. The first-order chi connectivity index (χ1) is 11.4. The van der Waals surface area contributed by atoms with E-state index in [0.29, 0.717) is 11.5 Å². The number of carboxylic acid groups (broad SMARTS) is 1. The van der Waals surface area contributed by atoms with Crippen LogP contribution in [-0.4, -0.2) is 59.6 Å². The normalized spacial score (nSPS) is 18.2. The summed E-state index contributed by atoms with van der Waals surface area (Å²) in [6, 6.07) is 2.59. The Bertz CT molecular complexity index is 615. The van der Waals surface area contributed by atoms with E-state index in [9.17, 15) is 14.4 Å². The van der Waals surface area contributed by atoms with Gasteiger partial charge in [0.1, 0.15) is 12.6 Å². The number of carbonyl (C=O) groups is 3. The third kappa shape index (κ3) is 5.29. The van der Waals surface area contributed by atoms with Crippen LogP contribution in [0.15, 0.2) is 15.9 Å². The van der Waals surface area contributed by atoms with Crippen molar-refractivity contribution in [3.63, 3.8) is 0 Å². The molecule has 2 heterocycles. The van der Waals surface area contributed by atoms with E-state index in [1.54, 1.807) is 19.1 Å². The van der Waals surface area contributed by atoms with E-state index < -0.39 is 24.5 Å². The Morgan fingerprint density at radius 2 is 2.25 bits per heavy atom. The number of ether oxygens (including phenoxy) is 1. The minimum Gasteiger partial charge on any atom is -0.480 e. The fourth-order valence-electron chi connectivity index (χ4n) is 2.47. The molecule has 1 fully saturated rings. The monoisotopic (exact) mass is 418 g/mol. The van der Waals surface area contributed by atoms with Gasteiger partial charge >= 0.3 is 5.97 Å². The Balaban J connectivity index is 1.98. The summed E-state index contributed by atoms with van der Waals surface area (Å²) < 4.78 is 6.29. The van der Waals surface area contributed by atoms with Crippen molar-refractivity contribution in [2.24, 2.45) is 0 Å². The summed E-state index contributed by atoms with van der Waals surface area (Å²) in [5.74, 6) is -1.89. The Labute approximate surface area is 152 Å². The number of halogens is 1. The molecule has 0 aromatic carbocycles. The molecule has 1 aromatic rings. The van der Waals surface area contributed by atoms with Crippen molar-refractivity contribution in [2.75, 3.05) is 19.7 Å². The van der Waals surface area contributed by atoms with E-state index in [-0.39, 0.29) is 18.6 Å². The van der Waals surface area contributed by atoms with Crippen LogP contribution in [0.25, 0.3) is 0 Å². The van der Waals surface area contributed by atoms with Crippen LogP contribution in [0.4, 0.5) is 0 Å². The molecular weight excluding hydrogens is 400 g/mol. The highest BCUT2D eigenvalue weighted by Gasteiger charge is 2.28. The first kappa shape index (κ1) is 18.9. The molecule has 1 aromatic heterocycles. The number of nitrogens with one attached hydrogen (secondary N) is 1. The molecule has 1 aliphatic heterocycles. The van der Waals surface area contributed by atoms with Crippen LogP contribution in [0.1, 0.15) is 29.4 Å². The highest BCUT2D eigenvalue weighted by molar-refractivity contribution is 9.11. The highest BCUT2D eigenvalue weighted by atomic mass is 79.9. The number of carbonyl (C=O) groups excluding carboxylic acids is 2. The van der Waals surface area contributed by atoms with Crippen molar-refractivity contribution in [3.8, 4) is 0 Å². The lowest BCUT2D eigenvalue weighted by atomic mass is 10.2. The van der Waals surface area contributed by atoms with Crippen LogP contribution in [0.2, 0.25) is 0 Å². The van der Waals surface area contributed by atoms with Crippen LogP contribution >= 0.6 is 27.3 Å². The second kappa shape index (κ2) is 8.59. The molecule has 0 spiro atoms. The molecule has 1 saturated heterocycles. The molecule has 0 radical (unpaired) electrons. The first-order valence-electron chi connectivity index (χ1n) is 7.55. The van der Waals surface area contributed by atoms with Crippen molar-refractivity contribution in [3.05, 3.63) is 20.8 Å². The zero-order valence-corrected chi connectivity index (χ0v) is 15.6. The summed E-state index contributed by atoms with van der Waals surface area (Å²) in [6.07, 6.45) is 1.55. The number of hydrogen-bond acceptors (Lipinski definition) is 5. The molecule has 0 saturated carbocycles. The smallest absolute Gasteiger partial charge is 0.323 e. The Hall–Kier alpha value is -1.45. The van der Waals surface area contributed by atoms with Gasteiger partial charge in [-0.25, -0.2) is 0 Å². The SMILES string of the molecule is CC(NC(=O)c1ccc(Br)s1)C(=O)N(CC(=O)O)CC1CCCO1. The van der Waals surface area contributed by atoms with E-state index >= 15 is 0 Å². The Kier molecular flexibility index (Phi) is 6.76. The first-order valence-corrected chi connectivity index (χ1v) is 9.16. The molecule has 0 aliphatic carbocycles. The number of rotatable bonds is 7. The van der Waals surface area contributed by atoms with Gasteiger partial charge in [0, 0.05) is 13.2 Å². The summed E-state index contributed by atoms with van der Waals surface area (Å²) in [4.78, 5) is 37.4. The van der Waals surface area contributed by atoms with Gasteiger partial charge in [0.25, 0.3) is 5.91 Å². The van der Waals surface area contributed by atoms with Gasteiger partial charge in [-0.05, 0) is 47.8 Å². The molecule has 2 rings (SSSR count). The van der Waals surface area contributed by atoms with Gasteiger partial charge in [-0.1, -0.05) is 0 Å². The number of nitrogens with zero attached hydrogens (tertiary/aromatic N) is 1. The summed E-state index contributed by atoms with van der Waals surface area (Å²) in [5, 5.41) is 11.6. The lowest BCUT2D eigenvalue weighted by molar-refractivity contribution is -0.146. The second-order valence-electron chi connectivity index (χ2n) is 5.55. The molecule has 9 heteroatoms. The van der Waals surface area contributed by atoms with E-state index in [4.69, 9.17) is 9.84 Å². The average molecular weight is 419 g/mol. The standard InChI is InChI=1S/C15H19BrN2O5S/c1-9(17-14(21)11-4-5-12(16)24-11)15(22)18(8-13(19)20)7-10-3-2-6-23-10/h4-5,9-10H,2-3,6-8H2,1H3,(H,17,21)(H,19,20).